The zero-order chi connectivity index (χ0) is 14.4. The summed E-state index contributed by atoms with van der Waals surface area (Å²) in [7, 11) is 1.34. The molecule has 2 N–H and O–H groups in total. The van der Waals surface area contributed by atoms with E-state index in [1.54, 1.807) is 0 Å². The second-order valence-electron chi connectivity index (χ2n) is 4.13. The van der Waals surface area contributed by atoms with Crippen LogP contribution in [0, 0.1) is 13.8 Å². The van der Waals surface area contributed by atoms with Crippen molar-refractivity contribution >= 4 is 28.2 Å². The number of ether oxygens (including phenoxy) is 1. The second-order valence-corrected chi connectivity index (χ2v) is 5.36. The average molecular weight is 284 g/mol. The van der Waals surface area contributed by atoms with Crippen LogP contribution in [0.2, 0.25) is 0 Å². The number of esters is 1. The molecule has 1 aromatic rings. The molecule has 0 bridgehead atoms. The van der Waals surface area contributed by atoms with Gasteiger partial charge in [-0.15, -0.1) is 11.3 Å². The molecule has 5 nitrogen and oxygen atoms in total. The largest absolute Gasteiger partial charge is 0.465 e. The molecule has 1 heterocycles. The van der Waals surface area contributed by atoms with Gasteiger partial charge in [-0.1, -0.05) is 6.92 Å². The summed E-state index contributed by atoms with van der Waals surface area (Å²) >= 11 is 1.40. The molecular formula is C13H20N2O3S. The van der Waals surface area contributed by atoms with E-state index in [2.05, 4.69) is 10.6 Å². The van der Waals surface area contributed by atoms with Gasteiger partial charge >= 0.3 is 5.97 Å². The van der Waals surface area contributed by atoms with Crippen LogP contribution in [0.15, 0.2) is 0 Å². The Hall–Kier alpha value is -1.40. The summed E-state index contributed by atoms with van der Waals surface area (Å²) in [4.78, 5) is 24.5. The normalized spacial score (nSPS) is 10.3. The molecule has 0 aliphatic rings. The van der Waals surface area contributed by atoms with Crippen molar-refractivity contribution in [2.45, 2.75) is 27.2 Å². The Morgan fingerprint density at radius 1 is 1.32 bits per heavy atom. The van der Waals surface area contributed by atoms with Gasteiger partial charge in [0.05, 0.1) is 12.7 Å². The summed E-state index contributed by atoms with van der Waals surface area (Å²) in [5, 5.41) is 6.44. The SMILES string of the molecule is CCNCCC(=O)Nc1sc(C)c(C)c1C(=O)OC. The molecule has 1 rings (SSSR count). The summed E-state index contributed by atoms with van der Waals surface area (Å²) in [6.07, 6.45) is 0.379. The number of anilines is 1. The number of methoxy groups -OCH3 is 1. The van der Waals surface area contributed by atoms with E-state index in [-0.39, 0.29) is 5.91 Å². The maximum atomic E-state index is 11.8. The number of carbonyl (C=O) groups excluding carboxylic acids is 2. The van der Waals surface area contributed by atoms with Gasteiger partial charge in [-0.05, 0) is 26.0 Å². The van der Waals surface area contributed by atoms with Gasteiger partial charge in [-0.25, -0.2) is 4.79 Å². The first-order valence-electron chi connectivity index (χ1n) is 6.20. The lowest BCUT2D eigenvalue weighted by Gasteiger charge is -2.06. The summed E-state index contributed by atoms with van der Waals surface area (Å²) in [6.45, 7) is 7.21. The zero-order valence-electron chi connectivity index (χ0n) is 11.8. The van der Waals surface area contributed by atoms with Crippen LogP contribution in [-0.2, 0) is 9.53 Å². The van der Waals surface area contributed by atoms with Crippen molar-refractivity contribution in [2.24, 2.45) is 0 Å². The number of rotatable bonds is 6. The summed E-state index contributed by atoms with van der Waals surface area (Å²) in [6, 6.07) is 0. The highest BCUT2D eigenvalue weighted by Gasteiger charge is 2.21. The van der Waals surface area contributed by atoms with E-state index in [0.717, 1.165) is 17.0 Å². The van der Waals surface area contributed by atoms with Gasteiger partial charge in [0.15, 0.2) is 0 Å². The monoisotopic (exact) mass is 284 g/mol. The number of nitrogens with one attached hydrogen (secondary N) is 2. The predicted octanol–water partition coefficient (Wildman–Crippen LogP) is 2.09. The number of aryl methyl sites for hydroxylation is 1. The van der Waals surface area contributed by atoms with Crippen molar-refractivity contribution in [1.82, 2.24) is 5.32 Å². The van der Waals surface area contributed by atoms with Gasteiger partial charge in [-0.2, -0.15) is 0 Å². The molecule has 0 spiro atoms. The molecule has 106 valence electrons. The smallest absolute Gasteiger partial charge is 0.341 e. The molecule has 1 aromatic heterocycles. The molecule has 0 aromatic carbocycles. The fourth-order valence-electron chi connectivity index (χ4n) is 1.63. The molecule has 0 radical (unpaired) electrons. The molecule has 0 saturated heterocycles. The zero-order valence-corrected chi connectivity index (χ0v) is 12.6. The van der Waals surface area contributed by atoms with Crippen molar-refractivity contribution in [1.29, 1.82) is 0 Å². The van der Waals surface area contributed by atoms with Crippen LogP contribution in [0.4, 0.5) is 5.00 Å². The Morgan fingerprint density at radius 2 is 2.00 bits per heavy atom. The third kappa shape index (κ3) is 4.04. The average Bonchev–Trinajstić information content (AvgIpc) is 2.64. The Balaban J connectivity index is 2.80. The van der Waals surface area contributed by atoms with E-state index < -0.39 is 5.97 Å². The Labute approximate surface area is 117 Å². The van der Waals surface area contributed by atoms with Crippen LogP contribution in [0.25, 0.3) is 0 Å². The fourth-order valence-corrected chi connectivity index (χ4v) is 2.70. The van der Waals surface area contributed by atoms with Crippen molar-refractivity contribution < 1.29 is 14.3 Å². The van der Waals surface area contributed by atoms with E-state index in [4.69, 9.17) is 4.74 Å². The number of thiophene rings is 1. The van der Waals surface area contributed by atoms with E-state index in [0.29, 0.717) is 23.5 Å². The van der Waals surface area contributed by atoms with Crippen molar-refractivity contribution in [2.75, 3.05) is 25.5 Å². The Bertz CT molecular complexity index is 469. The topological polar surface area (TPSA) is 67.4 Å². The Morgan fingerprint density at radius 3 is 2.58 bits per heavy atom. The maximum Gasteiger partial charge on any atom is 0.341 e. The molecular weight excluding hydrogens is 264 g/mol. The standard InChI is InChI=1S/C13H20N2O3S/c1-5-14-7-6-10(16)15-12-11(13(17)18-4)8(2)9(3)19-12/h14H,5-7H2,1-4H3,(H,15,16). The van der Waals surface area contributed by atoms with Crippen LogP contribution >= 0.6 is 11.3 Å². The van der Waals surface area contributed by atoms with E-state index >= 15 is 0 Å². The highest BCUT2D eigenvalue weighted by atomic mass is 32.1. The van der Waals surface area contributed by atoms with Gasteiger partial charge < -0.3 is 15.4 Å². The van der Waals surface area contributed by atoms with Gasteiger partial charge in [0.25, 0.3) is 0 Å². The van der Waals surface area contributed by atoms with Gasteiger partial charge in [-0.3, -0.25) is 4.79 Å². The van der Waals surface area contributed by atoms with Crippen LogP contribution < -0.4 is 10.6 Å². The lowest BCUT2D eigenvalue weighted by molar-refractivity contribution is -0.116. The molecule has 0 atom stereocenters. The molecule has 1 amide bonds. The first-order chi connectivity index (χ1) is 9.01. The molecule has 0 aliphatic carbocycles. The van der Waals surface area contributed by atoms with Crippen molar-refractivity contribution in [3.63, 3.8) is 0 Å². The van der Waals surface area contributed by atoms with E-state index in [1.807, 2.05) is 20.8 Å². The van der Waals surface area contributed by atoms with Crippen molar-refractivity contribution in [3.05, 3.63) is 16.0 Å². The summed E-state index contributed by atoms with van der Waals surface area (Å²) < 4.78 is 4.76. The van der Waals surface area contributed by atoms with E-state index in [9.17, 15) is 9.59 Å². The minimum atomic E-state index is -0.413. The first-order valence-corrected chi connectivity index (χ1v) is 7.01. The molecule has 6 heteroatoms. The summed E-state index contributed by atoms with van der Waals surface area (Å²) in [5.74, 6) is -0.517. The molecule has 0 saturated carbocycles. The fraction of sp³-hybridized carbons (Fsp3) is 0.538. The second kappa shape index (κ2) is 7.25. The quantitative estimate of drug-likeness (QED) is 0.620. The predicted molar refractivity (Wildman–Crippen MR) is 76.9 cm³/mol. The third-order valence-electron chi connectivity index (χ3n) is 2.81. The number of carbonyl (C=O) groups is 2. The number of hydrogen-bond acceptors (Lipinski definition) is 5. The lowest BCUT2D eigenvalue weighted by atomic mass is 10.1. The van der Waals surface area contributed by atoms with Gasteiger partial charge in [0.2, 0.25) is 5.91 Å². The summed E-state index contributed by atoms with van der Waals surface area (Å²) in [5.41, 5.74) is 1.32. The Kier molecular flexibility index (Phi) is 5.98. The first kappa shape index (κ1) is 15.7. The number of amides is 1. The number of hydrogen-bond donors (Lipinski definition) is 2. The minimum absolute atomic E-state index is 0.104. The maximum absolute atomic E-state index is 11.8. The highest BCUT2D eigenvalue weighted by Crippen LogP contribution is 2.32. The van der Waals surface area contributed by atoms with Crippen LogP contribution in [-0.4, -0.2) is 32.1 Å². The van der Waals surface area contributed by atoms with Crippen LogP contribution in [0.1, 0.15) is 34.1 Å². The van der Waals surface area contributed by atoms with Gasteiger partial charge in [0.1, 0.15) is 5.00 Å². The van der Waals surface area contributed by atoms with E-state index in [1.165, 1.54) is 18.4 Å². The third-order valence-corrected chi connectivity index (χ3v) is 3.93. The molecule has 0 unspecified atom stereocenters. The van der Waals surface area contributed by atoms with Gasteiger partial charge in [0, 0.05) is 17.8 Å². The minimum Gasteiger partial charge on any atom is -0.465 e. The lowest BCUT2D eigenvalue weighted by Crippen LogP contribution is -2.21. The van der Waals surface area contributed by atoms with Crippen molar-refractivity contribution in [3.8, 4) is 0 Å². The molecule has 0 aliphatic heterocycles. The van der Waals surface area contributed by atoms with Crippen LogP contribution in [0.5, 0.6) is 0 Å². The molecule has 0 fully saturated rings. The highest BCUT2D eigenvalue weighted by molar-refractivity contribution is 7.16. The molecule has 19 heavy (non-hydrogen) atoms. The van der Waals surface area contributed by atoms with Crippen LogP contribution in [0.3, 0.4) is 0 Å².